The van der Waals surface area contributed by atoms with Crippen molar-refractivity contribution in [3.05, 3.63) is 29.6 Å². The van der Waals surface area contributed by atoms with Crippen molar-refractivity contribution in [3.8, 4) is 0 Å². The lowest BCUT2D eigenvalue weighted by atomic mass is 10.0. The van der Waals surface area contributed by atoms with E-state index in [0.29, 0.717) is 0 Å². The summed E-state index contributed by atoms with van der Waals surface area (Å²) in [6.07, 6.45) is 6.26. The van der Waals surface area contributed by atoms with Gasteiger partial charge in [0.2, 0.25) is 0 Å². The van der Waals surface area contributed by atoms with E-state index in [1.165, 1.54) is 17.5 Å². The molecule has 0 aliphatic heterocycles. The van der Waals surface area contributed by atoms with Crippen molar-refractivity contribution in [1.29, 1.82) is 0 Å². The maximum absolute atomic E-state index is 4.12. The molecule has 1 aromatic heterocycles. The molecule has 66 valence electrons. The van der Waals surface area contributed by atoms with Gasteiger partial charge in [0.05, 0.1) is 0 Å². The zero-order chi connectivity index (χ0) is 8.97. The first-order chi connectivity index (χ1) is 5.70. The topological polar surface area (TPSA) is 12.9 Å². The van der Waals surface area contributed by atoms with Crippen LogP contribution in [-0.2, 0) is 6.42 Å². The van der Waals surface area contributed by atoms with Gasteiger partial charge in [-0.2, -0.15) is 0 Å². The molecule has 0 bridgehead atoms. The van der Waals surface area contributed by atoms with Gasteiger partial charge in [-0.15, -0.1) is 0 Å². The first-order valence-corrected chi connectivity index (χ1v) is 4.59. The third kappa shape index (κ3) is 2.65. The third-order valence-electron chi connectivity index (χ3n) is 2.14. The van der Waals surface area contributed by atoms with E-state index >= 15 is 0 Å². The van der Waals surface area contributed by atoms with Crippen LogP contribution < -0.4 is 0 Å². The number of hydrogen-bond donors (Lipinski definition) is 0. The zero-order valence-corrected chi connectivity index (χ0v) is 8.17. The fourth-order valence-corrected chi connectivity index (χ4v) is 1.20. The molecule has 1 heteroatoms. The molecule has 0 atom stereocenters. The molecule has 0 aromatic carbocycles. The van der Waals surface area contributed by atoms with E-state index in [2.05, 4.69) is 31.8 Å². The molecule has 0 spiro atoms. The predicted molar refractivity (Wildman–Crippen MR) is 52.1 cm³/mol. The van der Waals surface area contributed by atoms with E-state index in [4.69, 9.17) is 0 Å². The smallest absolute Gasteiger partial charge is 0.0302 e. The van der Waals surface area contributed by atoms with Crippen LogP contribution in [0.15, 0.2) is 18.5 Å². The van der Waals surface area contributed by atoms with Gasteiger partial charge >= 0.3 is 0 Å². The molecule has 0 aliphatic carbocycles. The predicted octanol–water partition coefficient (Wildman–Crippen LogP) is 2.98. The molecular weight excluding hydrogens is 146 g/mol. The van der Waals surface area contributed by atoms with Gasteiger partial charge in [0.25, 0.3) is 0 Å². The van der Waals surface area contributed by atoms with Crippen molar-refractivity contribution in [2.45, 2.75) is 33.6 Å². The van der Waals surface area contributed by atoms with E-state index in [9.17, 15) is 0 Å². The fourth-order valence-electron chi connectivity index (χ4n) is 1.20. The quantitative estimate of drug-likeness (QED) is 0.667. The number of rotatable bonds is 3. The Kier molecular flexibility index (Phi) is 3.27. The number of hydrogen-bond acceptors (Lipinski definition) is 1. The molecule has 0 amide bonds. The van der Waals surface area contributed by atoms with E-state index in [-0.39, 0.29) is 0 Å². The summed E-state index contributed by atoms with van der Waals surface area (Å²) in [4.78, 5) is 4.12. The van der Waals surface area contributed by atoms with Crippen molar-refractivity contribution < 1.29 is 0 Å². The molecule has 0 aliphatic rings. The van der Waals surface area contributed by atoms with Gasteiger partial charge in [-0.3, -0.25) is 4.98 Å². The van der Waals surface area contributed by atoms with Gasteiger partial charge in [0.1, 0.15) is 0 Å². The van der Waals surface area contributed by atoms with Crippen LogP contribution >= 0.6 is 0 Å². The molecule has 0 saturated carbocycles. The van der Waals surface area contributed by atoms with Crippen LogP contribution in [0.5, 0.6) is 0 Å². The Morgan fingerprint density at radius 1 is 1.42 bits per heavy atom. The number of pyridine rings is 1. The van der Waals surface area contributed by atoms with Crippen LogP contribution in [0, 0.1) is 12.8 Å². The molecule has 0 unspecified atom stereocenters. The van der Waals surface area contributed by atoms with E-state index < -0.39 is 0 Å². The van der Waals surface area contributed by atoms with Crippen LogP contribution in [0.1, 0.15) is 31.4 Å². The summed E-state index contributed by atoms with van der Waals surface area (Å²) in [6, 6.07) is 2.08. The summed E-state index contributed by atoms with van der Waals surface area (Å²) in [7, 11) is 0. The van der Waals surface area contributed by atoms with Gasteiger partial charge in [0.15, 0.2) is 0 Å². The number of aromatic nitrogens is 1. The fraction of sp³-hybridized carbons (Fsp3) is 0.545. The van der Waals surface area contributed by atoms with Crippen molar-refractivity contribution in [2.24, 2.45) is 5.92 Å². The van der Waals surface area contributed by atoms with E-state index in [1.54, 1.807) is 0 Å². The summed E-state index contributed by atoms with van der Waals surface area (Å²) >= 11 is 0. The lowest BCUT2D eigenvalue weighted by molar-refractivity contribution is 0.585. The highest BCUT2D eigenvalue weighted by Gasteiger charge is 1.99. The highest BCUT2D eigenvalue weighted by atomic mass is 14.6. The zero-order valence-electron chi connectivity index (χ0n) is 8.17. The summed E-state index contributed by atoms with van der Waals surface area (Å²) in [5, 5.41) is 0. The standard InChI is InChI=1S/C11H17N/c1-9(2)4-5-11-8-12-7-6-10(11)3/h6-9H,4-5H2,1-3H3. The lowest BCUT2D eigenvalue weighted by Crippen LogP contribution is -1.95. The molecule has 0 N–H and O–H groups in total. The van der Waals surface area contributed by atoms with Crippen LogP contribution in [0.3, 0.4) is 0 Å². The minimum Gasteiger partial charge on any atom is -0.264 e. The summed E-state index contributed by atoms with van der Waals surface area (Å²) in [5.74, 6) is 0.782. The Morgan fingerprint density at radius 2 is 2.17 bits per heavy atom. The second-order valence-electron chi connectivity index (χ2n) is 3.73. The molecule has 0 saturated heterocycles. The Morgan fingerprint density at radius 3 is 2.75 bits per heavy atom. The maximum atomic E-state index is 4.12. The van der Waals surface area contributed by atoms with E-state index in [1.807, 2.05) is 12.4 Å². The second kappa shape index (κ2) is 4.24. The molecule has 1 nitrogen and oxygen atoms in total. The monoisotopic (exact) mass is 163 g/mol. The minimum atomic E-state index is 0.782. The van der Waals surface area contributed by atoms with Gasteiger partial charge in [0, 0.05) is 12.4 Å². The molecule has 12 heavy (non-hydrogen) atoms. The van der Waals surface area contributed by atoms with Gasteiger partial charge in [-0.25, -0.2) is 0 Å². The highest BCUT2D eigenvalue weighted by Crippen LogP contribution is 2.11. The number of nitrogens with zero attached hydrogens (tertiary/aromatic N) is 1. The van der Waals surface area contributed by atoms with Gasteiger partial charge < -0.3 is 0 Å². The van der Waals surface area contributed by atoms with Crippen LogP contribution in [0.4, 0.5) is 0 Å². The molecule has 1 aromatic rings. The normalized spacial score (nSPS) is 10.7. The van der Waals surface area contributed by atoms with Crippen LogP contribution in [0.2, 0.25) is 0 Å². The van der Waals surface area contributed by atoms with Crippen molar-refractivity contribution >= 4 is 0 Å². The third-order valence-corrected chi connectivity index (χ3v) is 2.14. The van der Waals surface area contributed by atoms with Gasteiger partial charge in [-0.05, 0) is 42.9 Å². The summed E-state index contributed by atoms with van der Waals surface area (Å²) < 4.78 is 0. The Labute approximate surface area is 74.8 Å². The summed E-state index contributed by atoms with van der Waals surface area (Å²) in [6.45, 7) is 6.66. The van der Waals surface area contributed by atoms with Crippen molar-refractivity contribution in [2.75, 3.05) is 0 Å². The molecule has 1 rings (SSSR count). The SMILES string of the molecule is Cc1ccncc1CCC(C)C. The Hall–Kier alpha value is -0.850. The van der Waals surface area contributed by atoms with Crippen molar-refractivity contribution in [3.63, 3.8) is 0 Å². The number of aryl methyl sites for hydroxylation is 2. The largest absolute Gasteiger partial charge is 0.264 e. The maximum Gasteiger partial charge on any atom is 0.0302 e. The summed E-state index contributed by atoms with van der Waals surface area (Å²) in [5.41, 5.74) is 2.76. The molecule has 0 radical (unpaired) electrons. The minimum absolute atomic E-state index is 0.782. The average molecular weight is 163 g/mol. The first kappa shape index (κ1) is 9.24. The van der Waals surface area contributed by atoms with Crippen molar-refractivity contribution in [1.82, 2.24) is 4.98 Å². The Bertz CT molecular complexity index is 241. The second-order valence-corrected chi connectivity index (χ2v) is 3.73. The van der Waals surface area contributed by atoms with E-state index in [0.717, 1.165) is 12.3 Å². The highest BCUT2D eigenvalue weighted by molar-refractivity contribution is 5.21. The lowest BCUT2D eigenvalue weighted by Gasteiger charge is -2.06. The van der Waals surface area contributed by atoms with Crippen LogP contribution in [-0.4, -0.2) is 4.98 Å². The molecule has 1 heterocycles. The Balaban J connectivity index is 2.57. The molecular formula is C11H17N. The van der Waals surface area contributed by atoms with Crippen LogP contribution in [0.25, 0.3) is 0 Å². The first-order valence-electron chi connectivity index (χ1n) is 4.59. The molecule has 0 fully saturated rings. The van der Waals surface area contributed by atoms with Gasteiger partial charge in [-0.1, -0.05) is 13.8 Å². The average Bonchev–Trinajstić information content (AvgIpc) is 2.03.